The molecule has 1 unspecified atom stereocenters. The maximum absolute atomic E-state index is 11.9. The summed E-state index contributed by atoms with van der Waals surface area (Å²) < 4.78 is 0. The molecule has 1 aliphatic rings. The van der Waals surface area contributed by atoms with Crippen LogP contribution < -0.4 is 0 Å². The monoisotopic (exact) mass is 267 g/mol. The molecule has 0 bridgehead atoms. The second kappa shape index (κ2) is 7.36. The fourth-order valence-corrected chi connectivity index (χ4v) is 2.69. The zero-order chi connectivity index (χ0) is 14.4. The third kappa shape index (κ3) is 4.73. The second-order valence-corrected chi connectivity index (χ2v) is 5.75. The SMILES string of the molecule is CC(C)N(CCN1CC(CN=[N+]=[N-])CC1=O)C(C)C. The summed E-state index contributed by atoms with van der Waals surface area (Å²) >= 11 is 0. The summed E-state index contributed by atoms with van der Waals surface area (Å²) in [6.45, 7) is 11.5. The van der Waals surface area contributed by atoms with Crippen molar-refractivity contribution in [2.24, 2.45) is 11.0 Å². The van der Waals surface area contributed by atoms with Gasteiger partial charge in [-0.2, -0.15) is 0 Å². The van der Waals surface area contributed by atoms with E-state index < -0.39 is 0 Å². The Morgan fingerprint density at radius 2 is 2.05 bits per heavy atom. The molecular formula is C13H25N5O. The molecule has 6 heteroatoms. The fourth-order valence-electron chi connectivity index (χ4n) is 2.69. The van der Waals surface area contributed by atoms with E-state index in [4.69, 9.17) is 5.53 Å². The smallest absolute Gasteiger partial charge is 0.222 e. The molecule has 1 amide bonds. The Hall–Kier alpha value is -1.26. The highest BCUT2D eigenvalue weighted by Gasteiger charge is 2.29. The van der Waals surface area contributed by atoms with Crippen LogP contribution in [0.25, 0.3) is 10.4 Å². The second-order valence-electron chi connectivity index (χ2n) is 5.75. The van der Waals surface area contributed by atoms with E-state index in [0.717, 1.165) is 19.6 Å². The summed E-state index contributed by atoms with van der Waals surface area (Å²) in [6, 6.07) is 0.966. The molecule has 0 radical (unpaired) electrons. The molecular weight excluding hydrogens is 242 g/mol. The Labute approximate surface area is 115 Å². The lowest BCUT2D eigenvalue weighted by Gasteiger charge is -2.32. The summed E-state index contributed by atoms with van der Waals surface area (Å²) in [5, 5.41) is 3.57. The first-order chi connectivity index (χ1) is 8.95. The van der Waals surface area contributed by atoms with Gasteiger partial charge in [0, 0.05) is 49.6 Å². The van der Waals surface area contributed by atoms with Crippen LogP contribution in [0.3, 0.4) is 0 Å². The van der Waals surface area contributed by atoms with Crippen molar-refractivity contribution >= 4 is 5.91 Å². The molecule has 1 atom stereocenters. The Kier molecular flexibility index (Phi) is 6.12. The third-order valence-electron chi connectivity index (χ3n) is 3.65. The molecule has 0 N–H and O–H groups in total. The summed E-state index contributed by atoms with van der Waals surface area (Å²) in [7, 11) is 0. The molecule has 19 heavy (non-hydrogen) atoms. The first-order valence-corrected chi connectivity index (χ1v) is 7.00. The van der Waals surface area contributed by atoms with Gasteiger partial charge in [0.2, 0.25) is 5.91 Å². The quantitative estimate of drug-likeness (QED) is 0.403. The van der Waals surface area contributed by atoms with Crippen LogP contribution in [0.1, 0.15) is 34.1 Å². The average Bonchev–Trinajstić information content (AvgIpc) is 2.67. The number of hydrogen-bond acceptors (Lipinski definition) is 3. The molecule has 0 aromatic rings. The van der Waals surface area contributed by atoms with Crippen LogP contribution in [0.4, 0.5) is 0 Å². The number of azide groups is 1. The number of hydrogen-bond donors (Lipinski definition) is 0. The molecule has 1 rings (SSSR count). The van der Waals surface area contributed by atoms with Crippen LogP contribution >= 0.6 is 0 Å². The lowest BCUT2D eigenvalue weighted by Crippen LogP contribution is -2.43. The number of likely N-dealkylation sites (tertiary alicyclic amines) is 1. The minimum Gasteiger partial charge on any atom is -0.341 e. The molecule has 0 aliphatic carbocycles. The van der Waals surface area contributed by atoms with Crippen molar-refractivity contribution in [1.29, 1.82) is 0 Å². The maximum atomic E-state index is 11.9. The van der Waals surface area contributed by atoms with Gasteiger partial charge in [-0.1, -0.05) is 5.11 Å². The Balaban J connectivity index is 2.45. The predicted octanol–water partition coefficient (Wildman–Crippen LogP) is 2.26. The molecule has 0 saturated carbocycles. The highest BCUT2D eigenvalue weighted by Crippen LogP contribution is 2.18. The summed E-state index contributed by atoms with van der Waals surface area (Å²) in [4.78, 5) is 18.9. The van der Waals surface area contributed by atoms with Gasteiger partial charge in [0.25, 0.3) is 0 Å². The van der Waals surface area contributed by atoms with Crippen LogP contribution in [0.15, 0.2) is 5.11 Å². The van der Waals surface area contributed by atoms with E-state index in [-0.39, 0.29) is 11.8 Å². The Morgan fingerprint density at radius 3 is 2.58 bits per heavy atom. The number of rotatable bonds is 7. The number of nitrogens with zero attached hydrogens (tertiary/aromatic N) is 5. The van der Waals surface area contributed by atoms with Crippen LogP contribution in [0, 0.1) is 5.92 Å². The average molecular weight is 267 g/mol. The molecule has 0 spiro atoms. The van der Waals surface area contributed by atoms with Gasteiger partial charge in [-0.25, -0.2) is 0 Å². The summed E-state index contributed by atoms with van der Waals surface area (Å²) in [6.07, 6.45) is 0.516. The van der Waals surface area contributed by atoms with Crippen LogP contribution in [0.5, 0.6) is 0 Å². The van der Waals surface area contributed by atoms with Gasteiger partial charge in [-0.15, -0.1) is 0 Å². The van der Waals surface area contributed by atoms with Crippen molar-refractivity contribution in [3.8, 4) is 0 Å². The third-order valence-corrected chi connectivity index (χ3v) is 3.65. The largest absolute Gasteiger partial charge is 0.341 e. The topological polar surface area (TPSA) is 72.3 Å². The van der Waals surface area contributed by atoms with Gasteiger partial charge in [0.1, 0.15) is 0 Å². The zero-order valence-electron chi connectivity index (χ0n) is 12.4. The predicted molar refractivity (Wildman–Crippen MR) is 75.7 cm³/mol. The van der Waals surface area contributed by atoms with E-state index in [0.29, 0.717) is 25.0 Å². The molecule has 1 heterocycles. The molecule has 6 nitrogen and oxygen atoms in total. The van der Waals surface area contributed by atoms with E-state index in [1.54, 1.807) is 0 Å². The lowest BCUT2D eigenvalue weighted by atomic mass is 10.1. The van der Waals surface area contributed by atoms with Crippen molar-refractivity contribution in [2.75, 3.05) is 26.2 Å². The van der Waals surface area contributed by atoms with Crippen molar-refractivity contribution in [3.05, 3.63) is 10.4 Å². The van der Waals surface area contributed by atoms with Gasteiger partial charge in [0.05, 0.1) is 0 Å². The highest BCUT2D eigenvalue weighted by molar-refractivity contribution is 5.78. The fraction of sp³-hybridized carbons (Fsp3) is 0.923. The molecule has 0 aromatic carbocycles. The molecule has 108 valence electrons. The number of amides is 1. The lowest BCUT2D eigenvalue weighted by molar-refractivity contribution is -0.128. The van der Waals surface area contributed by atoms with Crippen molar-refractivity contribution in [2.45, 2.75) is 46.2 Å². The van der Waals surface area contributed by atoms with Crippen molar-refractivity contribution < 1.29 is 4.79 Å². The van der Waals surface area contributed by atoms with E-state index >= 15 is 0 Å². The molecule has 1 saturated heterocycles. The van der Waals surface area contributed by atoms with Crippen molar-refractivity contribution in [3.63, 3.8) is 0 Å². The minimum absolute atomic E-state index is 0.186. The normalized spacial score (nSPS) is 19.6. The van der Waals surface area contributed by atoms with Crippen molar-refractivity contribution in [1.82, 2.24) is 9.80 Å². The maximum Gasteiger partial charge on any atom is 0.222 e. The molecule has 1 aliphatic heterocycles. The number of carbonyl (C=O) groups excluding carboxylic acids is 1. The van der Waals surface area contributed by atoms with E-state index in [1.807, 2.05) is 4.90 Å². The van der Waals surface area contributed by atoms with Gasteiger partial charge >= 0.3 is 0 Å². The van der Waals surface area contributed by atoms with E-state index in [9.17, 15) is 4.79 Å². The molecule has 0 aromatic heterocycles. The van der Waals surface area contributed by atoms with Gasteiger partial charge in [-0.3, -0.25) is 9.69 Å². The van der Waals surface area contributed by atoms with E-state index in [2.05, 4.69) is 42.6 Å². The zero-order valence-corrected chi connectivity index (χ0v) is 12.4. The van der Waals surface area contributed by atoms with Crippen LogP contribution in [-0.4, -0.2) is 54.0 Å². The number of carbonyl (C=O) groups is 1. The Morgan fingerprint density at radius 1 is 1.42 bits per heavy atom. The first-order valence-electron chi connectivity index (χ1n) is 7.00. The highest BCUT2D eigenvalue weighted by atomic mass is 16.2. The van der Waals surface area contributed by atoms with Crippen LogP contribution in [-0.2, 0) is 4.79 Å². The summed E-state index contributed by atoms with van der Waals surface area (Å²) in [5.74, 6) is 0.376. The standard InChI is InChI=1S/C13H25N5O/c1-10(2)18(11(3)4)6-5-17-9-12(7-13(17)19)8-15-16-14/h10-12H,5-9H2,1-4H3. The Bertz CT molecular complexity index is 341. The first kappa shape index (κ1) is 15.8. The minimum atomic E-state index is 0.186. The van der Waals surface area contributed by atoms with Gasteiger partial charge in [0.15, 0.2) is 0 Å². The van der Waals surface area contributed by atoms with Gasteiger partial charge in [-0.05, 0) is 39.1 Å². The molecule has 1 fully saturated rings. The van der Waals surface area contributed by atoms with E-state index in [1.165, 1.54) is 0 Å². The summed E-state index contributed by atoms with van der Waals surface area (Å²) in [5.41, 5.74) is 8.31. The van der Waals surface area contributed by atoms with Crippen LogP contribution in [0.2, 0.25) is 0 Å². The van der Waals surface area contributed by atoms with Gasteiger partial charge < -0.3 is 4.90 Å².